The van der Waals surface area contributed by atoms with Crippen LogP contribution in [0.3, 0.4) is 0 Å². The normalized spacial score (nSPS) is 20.4. The van der Waals surface area contributed by atoms with Crippen LogP contribution in [0.4, 0.5) is 0 Å². The van der Waals surface area contributed by atoms with E-state index in [9.17, 15) is 30.3 Å². The molecule has 60 heavy (non-hydrogen) atoms. The predicted molar refractivity (Wildman–Crippen MR) is 252 cm³/mol. The van der Waals surface area contributed by atoms with Gasteiger partial charge in [-0.05, 0) is 19.3 Å². The third-order valence-corrected chi connectivity index (χ3v) is 13.5. The van der Waals surface area contributed by atoms with E-state index >= 15 is 0 Å². The van der Waals surface area contributed by atoms with E-state index in [4.69, 9.17) is 4.74 Å². The van der Waals surface area contributed by atoms with Gasteiger partial charge in [-0.1, -0.05) is 245 Å². The molecule has 8 nitrogen and oxygen atoms in total. The maximum atomic E-state index is 13.0. The maximum absolute atomic E-state index is 13.0. The second kappa shape index (κ2) is 42.2. The van der Waals surface area contributed by atoms with Crippen LogP contribution in [0.2, 0.25) is 0 Å². The zero-order chi connectivity index (χ0) is 43.7. The van der Waals surface area contributed by atoms with Gasteiger partial charge in [-0.3, -0.25) is 4.79 Å². The molecule has 1 rings (SSSR count). The summed E-state index contributed by atoms with van der Waals surface area (Å²) in [7, 11) is 0. The summed E-state index contributed by atoms with van der Waals surface area (Å²) in [6.07, 6.45) is 44.1. The number of unbranched alkanes of at least 4 members (excludes halogenated alkanes) is 35. The first-order valence-corrected chi connectivity index (χ1v) is 26.6. The number of amides is 1. The van der Waals surface area contributed by atoms with E-state index in [2.05, 4.69) is 19.2 Å². The van der Waals surface area contributed by atoms with E-state index in [0.29, 0.717) is 12.8 Å². The van der Waals surface area contributed by atoms with Crippen LogP contribution < -0.4 is 5.32 Å². The van der Waals surface area contributed by atoms with Gasteiger partial charge in [0.05, 0.1) is 31.0 Å². The highest BCUT2D eigenvalue weighted by Crippen LogP contribution is 2.28. The van der Waals surface area contributed by atoms with E-state index < -0.39 is 42.5 Å². The second-order valence-electron chi connectivity index (χ2n) is 19.2. The molecule has 0 bridgehead atoms. The van der Waals surface area contributed by atoms with Crippen LogP contribution in [-0.4, -0.2) is 81.2 Å². The first-order valence-electron chi connectivity index (χ1n) is 26.6. The molecule has 1 fully saturated rings. The van der Waals surface area contributed by atoms with Crippen molar-refractivity contribution in [3.8, 4) is 0 Å². The first-order chi connectivity index (χ1) is 29.3. The highest BCUT2D eigenvalue weighted by Gasteiger charge is 2.43. The summed E-state index contributed by atoms with van der Waals surface area (Å²) >= 11 is 0. The summed E-state index contributed by atoms with van der Waals surface area (Å²) in [4.78, 5) is 13.0. The molecule has 0 radical (unpaired) electrons. The van der Waals surface area contributed by atoms with Crippen LogP contribution in [0.1, 0.15) is 271 Å². The van der Waals surface area contributed by atoms with Gasteiger partial charge in [-0.25, -0.2) is 0 Å². The summed E-state index contributed by atoms with van der Waals surface area (Å²) in [6.45, 7) is 4.22. The van der Waals surface area contributed by atoms with Gasteiger partial charge in [-0.2, -0.15) is 0 Å². The Kier molecular flexibility index (Phi) is 40.3. The van der Waals surface area contributed by atoms with E-state index in [-0.39, 0.29) is 25.5 Å². The van der Waals surface area contributed by atoms with Crippen molar-refractivity contribution in [1.82, 2.24) is 5.32 Å². The van der Waals surface area contributed by atoms with Crippen molar-refractivity contribution in [2.24, 2.45) is 5.92 Å². The summed E-state index contributed by atoms with van der Waals surface area (Å²) in [5, 5.41) is 55.0. The van der Waals surface area contributed by atoms with Crippen LogP contribution in [-0.2, 0) is 9.53 Å². The average molecular weight is 854 g/mol. The number of aliphatic hydroxyl groups excluding tert-OH is 5. The van der Waals surface area contributed by atoms with Crippen molar-refractivity contribution in [3.63, 3.8) is 0 Å². The number of carbonyl (C=O) groups excluding carboxylic acids is 1. The maximum Gasteiger partial charge on any atom is 0.220 e. The fourth-order valence-corrected chi connectivity index (χ4v) is 9.20. The average Bonchev–Trinajstić information content (AvgIpc) is 3.25. The lowest BCUT2D eigenvalue weighted by atomic mass is 9.81. The number of ether oxygens (including phenoxy) is 1. The monoisotopic (exact) mass is 854 g/mol. The predicted octanol–water partition coefficient (Wildman–Crippen LogP) is 12.6. The first kappa shape index (κ1) is 57.2. The van der Waals surface area contributed by atoms with Crippen LogP contribution in [0.25, 0.3) is 0 Å². The van der Waals surface area contributed by atoms with E-state index in [1.54, 1.807) is 0 Å². The van der Waals surface area contributed by atoms with Crippen molar-refractivity contribution in [2.45, 2.75) is 307 Å². The molecule has 1 aliphatic carbocycles. The molecular formula is C52H103NO7. The minimum absolute atomic E-state index is 0.00647. The molecule has 6 N–H and O–H groups in total. The summed E-state index contributed by atoms with van der Waals surface area (Å²) < 4.78 is 6.00. The molecule has 1 amide bonds. The minimum atomic E-state index is -1.42. The van der Waals surface area contributed by atoms with Crippen LogP contribution in [0.5, 0.6) is 0 Å². The molecule has 1 aliphatic rings. The third kappa shape index (κ3) is 32.0. The molecule has 0 unspecified atom stereocenters. The van der Waals surface area contributed by atoms with Gasteiger partial charge >= 0.3 is 0 Å². The smallest absolute Gasteiger partial charge is 0.220 e. The number of hydrogen-bond acceptors (Lipinski definition) is 7. The van der Waals surface area contributed by atoms with Crippen molar-refractivity contribution < 1.29 is 35.1 Å². The molecule has 1 saturated carbocycles. The zero-order valence-electron chi connectivity index (χ0n) is 39.8. The largest absolute Gasteiger partial charge is 0.396 e. The number of hydrogen-bond donors (Lipinski definition) is 6. The standard InChI is InChI=1S/C52H103NO7/c1-3-5-7-9-11-13-15-17-18-19-20-21-22-23-24-25-26-27-29-31-33-35-37-39-41-49(56)53-46(44-60-48-42-45(43-54)50(57)52(59)51(48)58)47(55)40-38-36-34-32-30-28-16-14-12-10-8-6-4-2/h45-48,50-52,54-55,57-59H,3-44H2,1-2H3,(H,53,56)/t45-,46+,47-,48+,50+,51+,52+/m1/s1. The third-order valence-electron chi connectivity index (χ3n) is 13.5. The summed E-state index contributed by atoms with van der Waals surface area (Å²) in [5.74, 6) is -0.708. The molecule has 7 atom stereocenters. The highest BCUT2D eigenvalue weighted by molar-refractivity contribution is 5.76. The van der Waals surface area contributed by atoms with Gasteiger partial charge in [0.25, 0.3) is 0 Å². The van der Waals surface area contributed by atoms with Gasteiger partial charge in [0.2, 0.25) is 5.91 Å². The Morgan fingerprint density at radius 3 is 1.18 bits per heavy atom. The molecule has 0 aromatic heterocycles. The van der Waals surface area contributed by atoms with Crippen LogP contribution in [0.15, 0.2) is 0 Å². The fourth-order valence-electron chi connectivity index (χ4n) is 9.20. The molecule has 0 aromatic rings. The molecule has 358 valence electrons. The fraction of sp³-hybridized carbons (Fsp3) is 0.981. The van der Waals surface area contributed by atoms with E-state index in [1.165, 1.54) is 199 Å². The van der Waals surface area contributed by atoms with Crippen molar-refractivity contribution in [1.29, 1.82) is 0 Å². The quantitative estimate of drug-likeness (QED) is 0.0335. The Hall–Kier alpha value is -0.770. The molecule has 0 aliphatic heterocycles. The Morgan fingerprint density at radius 1 is 0.500 bits per heavy atom. The van der Waals surface area contributed by atoms with Gasteiger partial charge in [0.1, 0.15) is 12.2 Å². The molecule has 0 spiro atoms. The Morgan fingerprint density at radius 2 is 0.833 bits per heavy atom. The van der Waals surface area contributed by atoms with Gasteiger partial charge in [0, 0.05) is 18.9 Å². The molecule has 0 aromatic carbocycles. The molecule has 0 saturated heterocycles. The molecular weight excluding hydrogens is 751 g/mol. The molecule has 8 heteroatoms. The molecule has 0 heterocycles. The Bertz CT molecular complexity index is 906. The van der Waals surface area contributed by atoms with Crippen molar-refractivity contribution in [2.75, 3.05) is 13.2 Å². The topological polar surface area (TPSA) is 139 Å². The minimum Gasteiger partial charge on any atom is -0.396 e. The highest BCUT2D eigenvalue weighted by atomic mass is 16.5. The van der Waals surface area contributed by atoms with Crippen LogP contribution >= 0.6 is 0 Å². The summed E-state index contributed by atoms with van der Waals surface area (Å²) in [6, 6.07) is -0.632. The SMILES string of the molecule is CCCCCCCCCCCCCCCCCCCCCCCCCCC(=O)N[C@@H](CO[C@H]1C[C@H](CO)[C@H](O)[C@H](O)[C@H]1O)[C@H](O)CCCCCCCCCCCCCCC. The lowest BCUT2D eigenvalue weighted by Gasteiger charge is -2.40. The zero-order valence-corrected chi connectivity index (χ0v) is 39.8. The van der Waals surface area contributed by atoms with Gasteiger partial charge in [0.15, 0.2) is 0 Å². The number of aliphatic hydroxyl groups is 5. The van der Waals surface area contributed by atoms with E-state index in [0.717, 1.165) is 38.5 Å². The van der Waals surface area contributed by atoms with Gasteiger partial charge < -0.3 is 35.6 Å². The van der Waals surface area contributed by atoms with Crippen molar-refractivity contribution in [3.05, 3.63) is 0 Å². The summed E-state index contributed by atoms with van der Waals surface area (Å²) in [5.41, 5.74) is 0. The van der Waals surface area contributed by atoms with Crippen molar-refractivity contribution >= 4 is 5.91 Å². The van der Waals surface area contributed by atoms with E-state index in [1.807, 2.05) is 0 Å². The second-order valence-corrected chi connectivity index (χ2v) is 19.2. The lowest BCUT2D eigenvalue weighted by molar-refractivity contribution is -0.181. The van der Waals surface area contributed by atoms with Gasteiger partial charge in [-0.15, -0.1) is 0 Å². The number of carbonyl (C=O) groups is 1. The number of rotatable bonds is 45. The Balaban J connectivity index is 2.19. The van der Waals surface area contributed by atoms with Crippen LogP contribution in [0, 0.1) is 5.92 Å². The Labute approximate surface area is 371 Å². The lowest BCUT2D eigenvalue weighted by Crippen LogP contribution is -2.56. The number of nitrogens with one attached hydrogen (secondary N) is 1.